The van der Waals surface area contributed by atoms with Crippen LogP contribution >= 0.6 is 0 Å². The molecule has 0 amide bonds. The molecule has 0 unspecified atom stereocenters. The molecule has 3 N–H and O–H groups in total. The van der Waals surface area contributed by atoms with Crippen molar-refractivity contribution in [2.45, 2.75) is 6.92 Å². The number of Topliss-reactive ketones (excluding diaryl/α,β-unsaturated/α-hetero) is 1. The van der Waals surface area contributed by atoms with E-state index in [-0.39, 0.29) is 17.5 Å². The molecule has 5 heteroatoms. The number of hydrogen-bond donors (Lipinski definition) is 2. The average Bonchev–Trinajstić information content (AvgIpc) is 2.29. The summed E-state index contributed by atoms with van der Waals surface area (Å²) < 4.78 is 0. The predicted molar refractivity (Wildman–Crippen MR) is 63.5 cm³/mol. The number of nitrogens with two attached hydrogens (primary N) is 1. The molecule has 0 saturated carbocycles. The minimum Gasteiger partial charge on any atom is -0.507 e. The van der Waals surface area contributed by atoms with E-state index < -0.39 is 0 Å². The van der Waals surface area contributed by atoms with Gasteiger partial charge in [-0.1, -0.05) is 12.1 Å². The van der Waals surface area contributed by atoms with Gasteiger partial charge in [-0.25, -0.2) is 9.97 Å². The van der Waals surface area contributed by atoms with Crippen molar-refractivity contribution in [2.75, 3.05) is 5.73 Å². The highest BCUT2D eigenvalue weighted by atomic mass is 16.3. The smallest absolute Gasteiger partial charge is 0.220 e. The van der Waals surface area contributed by atoms with E-state index in [4.69, 9.17) is 5.73 Å². The number of rotatable bonds is 2. The van der Waals surface area contributed by atoms with Crippen LogP contribution in [-0.4, -0.2) is 20.9 Å². The van der Waals surface area contributed by atoms with E-state index in [1.54, 1.807) is 18.2 Å². The normalized spacial score (nSPS) is 10.2. The number of carbonyl (C=O) groups is 1. The number of hydrogen-bond acceptors (Lipinski definition) is 5. The van der Waals surface area contributed by atoms with E-state index in [1.165, 1.54) is 19.2 Å². The third-order valence-corrected chi connectivity index (χ3v) is 2.35. The SMILES string of the molecule is CC(=O)c1cnc(N)nc1-c1ccccc1O. The van der Waals surface area contributed by atoms with E-state index in [0.717, 1.165) is 0 Å². The summed E-state index contributed by atoms with van der Waals surface area (Å²) in [5, 5.41) is 9.75. The van der Waals surface area contributed by atoms with Crippen molar-refractivity contribution >= 4 is 11.7 Å². The molecule has 86 valence electrons. The zero-order valence-electron chi connectivity index (χ0n) is 9.21. The van der Waals surface area contributed by atoms with E-state index in [0.29, 0.717) is 16.8 Å². The van der Waals surface area contributed by atoms with Crippen LogP contribution in [0.3, 0.4) is 0 Å². The fourth-order valence-corrected chi connectivity index (χ4v) is 1.53. The Labute approximate surface area is 98.0 Å². The van der Waals surface area contributed by atoms with Gasteiger partial charge in [0.15, 0.2) is 5.78 Å². The third-order valence-electron chi connectivity index (χ3n) is 2.35. The molecule has 1 aromatic heterocycles. The van der Waals surface area contributed by atoms with Crippen molar-refractivity contribution in [1.29, 1.82) is 0 Å². The predicted octanol–water partition coefficient (Wildman–Crippen LogP) is 1.63. The Kier molecular flexibility index (Phi) is 2.74. The molecule has 0 spiro atoms. The van der Waals surface area contributed by atoms with Gasteiger partial charge in [-0.15, -0.1) is 0 Å². The lowest BCUT2D eigenvalue weighted by Crippen LogP contribution is -2.04. The number of phenols is 1. The first kappa shape index (κ1) is 11.1. The summed E-state index contributed by atoms with van der Waals surface area (Å²) in [6.07, 6.45) is 1.37. The lowest BCUT2D eigenvalue weighted by Gasteiger charge is -2.07. The van der Waals surface area contributed by atoms with Crippen LogP contribution in [0.15, 0.2) is 30.5 Å². The molecule has 0 aliphatic heterocycles. The fraction of sp³-hybridized carbons (Fsp3) is 0.0833. The van der Waals surface area contributed by atoms with Crippen LogP contribution in [0.1, 0.15) is 17.3 Å². The Hall–Kier alpha value is -2.43. The molecular formula is C12H11N3O2. The second kappa shape index (κ2) is 4.21. The van der Waals surface area contributed by atoms with Crippen molar-refractivity contribution in [2.24, 2.45) is 0 Å². The van der Waals surface area contributed by atoms with Gasteiger partial charge in [-0.3, -0.25) is 4.79 Å². The molecule has 1 heterocycles. The number of benzene rings is 1. The van der Waals surface area contributed by atoms with Gasteiger partial charge in [0.05, 0.1) is 11.3 Å². The molecule has 0 aliphatic carbocycles. The third kappa shape index (κ3) is 2.08. The zero-order valence-corrected chi connectivity index (χ0v) is 9.21. The lowest BCUT2D eigenvalue weighted by atomic mass is 10.0. The van der Waals surface area contributed by atoms with E-state index in [9.17, 15) is 9.90 Å². The Balaban J connectivity index is 2.70. The van der Waals surface area contributed by atoms with Gasteiger partial charge in [0.1, 0.15) is 5.75 Å². The second-order valence-corrected chi connectivity index (χ2v) is 3.56. The van der Waals surface area contributed by atoms with Crippen molar-refractivity contribution in [1.82, 2.24) is 9.97 Å². The molecule has 0 bridgehead atoms. The molecule has 0 saturated heterocycles. The van der Waals surface area contributed by atoms with Gasteiger partial charge in [0.25, 0.3) is 0 Å². The first-order chi connectivity index (χ1) is 8.09. The zero-order chi connectivity index (χ0) is 12.4. The molecule has 5 nitrogen and oxygen atoms in total. The molecular weight excluding hydrogens is 218 g/mol. The number of nitrogens with zero attached hydrogens (tertiary/aromatic N) is 2. The highest BCUT2D eigenvalue weighted by molar-refractivity contribution is 6.00. The maximum absolute atomic E-state index is 11.5. The number of aromatic hydroxyl groups is 1. The largest absolute Gasteiger partial charge is 0.507 e. The molecule has 1 aromatic carbocycles. The first-order valence-corrected chi connectivity index (χ1v) is 5.01. The topological polar surface area (TPSA) is 89.1 Å². The molecule has 2 rings (SSSR count). The van der Waals surface area contributed by atoms with Crippen LogP contribution in [-0.2, 0) is 0 Å². The second-order valence-electron chi connectivity index (χ2n) is 3.56. The summed E-state index contributed by atoms with van der Waals surface area (Å²) in [5.41, 5.74) is 6.65. The number of anilines is 1. The minimum absolute atomic E-state index is 0.0492. The van der Waals surface area contributed by atoms with E-state index in [1.807, 2.05) is 0 Å². The maximum Gasteiger partial charge on any atom is 0.220 e. The van der Waals surface area contributed by atoms with Crippen molar-refractivity contribution in [3.8, 4) is 17.0 Å². The average molecular weight is 229 g/mol. The van der Waals surface area contributed by atoms with Crippen LogP contribution in [0.5, 0.6) is 5.75 Å². The van der Waals surface area contributed by atoms with Crippen LogP contribution < -0.4 is 5.73 Å². The van der Waals surface area contributed by atoms with Crippen LogP contribution in [0, 0.1) is 0 Å². The van der Waals surface area contributed by atoms with Gasteiger partial charge in [-0.05, 0) is 19.1 Å². The Bertz CT molecular complexity index is 582. The van der Waals surface area contributed by atoms with Crippen LogP contribution in [0.25, 0.3) is 11.3 Å². The summed E-state index contributed by atoms with van der Waals surface area (Å²) >= 11 is 0. The molecule has 0 atom stereocenters. The van der Waals surface area contributed by atoms with Gasteiger partial charge < -0.3 is 10.8 Å². The quantitative estimate of drug-likeness (QED) is 0.764. The van der Waals surface area contributed by atoms with E-state index >= 15 is 0 Å². The molecule has 17 heavy (non-hydrogen) atoms. The minimum atomic E-state index is -0.178. The Morgan fingerprint density at radius 3 is 2.71 bits per heavy atom. The molecule has 0 fully saturated rings. The molecule has 2 aromatic rings. The Morgan fingerprint density at radius 1 is 1.35 bits per heavy atom. The number of para-hydroxylation sites is 1. The molecule has 0 radical (unpaired) electrons. The molecule has 0 aliphatic rings. The summed E-state index contributed by atoms with van der Waals surface area (Å²) in [6, 6.07) is 6.63. The standard InChI is InChI=1S/C12H11N3O2/c1-7(16)9-6-14-12(13)15-11(9)8-4-2-3-5-10(8)17/h2-6,17H,1H3,(H2,13,14,15). The van der Waals surface area contributed by atoms with Crippen molar-refractivity contribution in [3.63, 3.8) is 0 Å². The fourth-order valence-electron chi connectivity index (χ4n) is 1.53. The first-order valence-electron chi connectivity index (χ1n) is 5.01. The monoisotopic (exact) mass is 229 g/mol. The van der Waals surface area contributed by atoms with Gasteiger partial charge in [-0.2, -0.15) is 0 Å². The maximum atomic E-state index is 11.5. The summed E-state index contributed by atoms with van der Waals surface area (Å²) in [7, 11) is 0. The van der Waals surface area contributed by atoms with Crippen LogP contribution in [0.2, 0.25) is 0 Å². The number of nitrogen functional groups attached to an aromatic ring is 1. The van der Waals surface area contributed by atoms with Gasteiger partial charge in [0, 0.05) is 11.8 Å². The van der Waals surface area contributed by atoms with Crippen molar-refractivity contribution in [3.05, 3.63) is 36.0 Å². The van der Waals surface area contributed by atoms with Crippen LogP contribution in [0.4, 0.5) is 5.95 Å². The lowest BCUT2D eigenvalue weighted by molar-refractivity contribution is 0.101. The highest BCUT2D eigenvalue weighted by Crippen LogP contribution is 2.29. The van der Waals surface area contributed by atoms with E-state index in [2.05, 4.69) is 9.97 Å². The number of aromatic nitrogens is 2. The van der Waals surface area contributed by atoms with Crippen molar-refractivity contribution < 1.29 is 9.90 Å². The number of ketones is 1. The number of phenolic OH excluding ortho intramolecular Hbond substituents is 1. The van der Waals surface area contributed by atoms with Gasteiger partial charge in [0.2, 0.25) is 5.95 Å². The number of carbonyl (C=O) groups excluding carboxylic acids is 1. The highest BCUT2D eigenvalue weighted by Gasteiger charge is 2.14. The summed E-state index contributed by atoms with van der Waals surface area (Å²) in [5.74, 6) is -0.0652. The van der Waals surface area contributed by atoms with Gasteiger partial charge >= 0.3 is 0 Å². The summed E-state index contributed by atoms with van der Waals surface area (Å²) in [6.45, 7) is 1.42. The summed E-state index contributed by atoms with van der Waals surface area (Å²) in [4.78, 5) is 19.3. The Morgan fingerprint density at radius 2 is 2.06 bits per heavy atom.